The third-order valence-corrected chi connectivity index (χ3v) is 7.70. The molecule has 3 heterocycles. The number of nitrogens with zero attached hydrogens (tertiary/aromatic N) is 3. The normalized spacial score (nSPS) is 28.6. The molecule has 0 spiro atoms. The first-order valence-electron chi connectivity index (χ1n) is 9.11. The summed E-state index contributed by atoms with van der Waals surface area (Å²) in [5.74, 6) is 0.496. The maximum absolute atomic E-state index is 12.6. The summed E-state index contributed by atoms with van der Waals surface area (Å²) in [6, 6.07) is 3.64. The van der Waals surface area contributed by atoms with Crippen molar-refractivity contribution in [2.45, 2.75) is 37.8 Å². The molecule has 1 saturated carbocycles. The average Bonchev–Trinajstić information content (AvgIpc) is 3.35. The topological polar surface area (TPSA) is 74.1 Å². The van der Waals surface area contributed by atoms with Gasteiger partial charge in [-0.15, -0.1) is 0 Å². The Morgan fingerprint density at radius 3 is 2.44 bits per heavy atom. The molecule has 0 bridgehead atoms. The first-order valence-corrected chi connectivity index (χ1v) is 10.7. The first kappa shape index (κ1) is 17.1. The van der Waals surface area contributed by atoms with Gasteiger partial charge in [-0.3, -0.25) is 9.69 Å². The summed E-state index contributed by atoms with van der Waals surface area (Å²) in [7, 11) is -3.14. The van der Waals surface area contributed by atoms with Crippen LogP contribution in [0.15, 0.2) is 22.8 Å². The van der Waals surface area contributed by atoms with Crippen molar-refractivity contribution >= 4 is 15.9 Å². The molecular weight excluding hydrogens is 342 g/mol. The Bertz CT molecular complexity index is 704. The van der Waals surface area contributed by atoms with Crippen LogP contribution in [0.1, 0.15) is 36.2 Å². The zero-order valence-corrected chi connectivity index (χ0v) is 15.2. The van der Waals surface area contributed by atoms with E-state index in [2.05, 4.69) is 4.90 Å². The molecule has 0 N–H and O–H groups in total. The summed E-state index contributed by atoms with van der Waals surface area (Å²) in [5, 5.41) is 0. The van der Waals surface area contributed by atoms with E-state index in [1.165, 1.54) is 6.26 Å². The predicted octanol–water partition coefficient (Wildman–Crippen LogP) is 0.994. The van der Waals surface area contributed by atoms with E-state index in [9.17, 15) is 13.2 Å². The number of hydrogen-bond donors (Lipinski definition) is 0. The van der Waals surface area contributed by atoms with Gasteiger partial charge in [-0.25, -0.2) is 8.42 Å². The van der Waals surface area contributed by atoms with Gasteiger partial charge in [0.1, 0.15) is 0 Å². The van der Waals surface area contributed by atoms with Crippen molar-refractivity contribution in [1.82, 2.24) is 14.1 Å². The maximum Gasteiger partial charge on any atom is 0.289 e. The molecule has 1 amide bonds. The third-order valence-electron chi connectivity index (χ3n) is 5.73. The smallest absolute Gasteiger partial charge is 0.289 e. The van der Waals surface area contributed by atoms with E-state index in [-0.39, 0.29) is 23.7 Å². The van der Waals surface area contributed by atoms with Crippen molar-refractivity contribution in [2.24, 2.45) is 0 Å². The number of furan rings is 1. The minimum Gasteiger partial charge on any atom is -0.459 e. The van der Waals surface area contributed by atoms with Gasteiger partial charge in [-0.1, -0.05) is 12.8 Å². The number of carbonyl (C=O) groups excluding carboxylic acids is 1. The Hall–Kier alpha value is -1.38. The van der Waals surface area contributed by atoms with E-state index >= 15 is 0 Å². The minimum atomic E-state index is -3.14. The third kappa shape index (κ3) is 3.35. The van der Waals surface area contributed by atoms with Crippen molar-refractivity contribution in [2.75, 3.05) is 38.5 Å². The van der Waals surface area contributed by atoms with Crippen LogP contribution in [0.5, 0.6) is 0 Å². The Morgan fingerprint density at radius 1 is 1.08 bits per heavy atom. The first-order chi connectivity index (χ1) is 12.0. The van der Waals surface area contributed by atoms with Crippen LogP contribution in [-0.2, 0) is 10.0 Å². The molecular formula is C17H25N3O4S. The molecule has 2 saturated heterocycles. The maximum atomic E-state index is 12.6. The zero-order valence-electron chi connectivity index (χ0n) is 14.3. The molecule has 1 aromatic heterocycles. The largest absolute Gasteiger partial charge is 0.459 e. The van der Waals surface area contributed by atoms with E-state index < -0.39 is 10.0 Å². The molecule has 1 aliphatic carbocycles. The Labute approximate surface area is 148 Å². The molecule has 1 unspecified atom stereocenters. The molecule has 25 heavy (non-hydrogen) atoms. The minimum absolute atomic E-state index is 0.0477. The summed E-state index contributed by atoms with van der Waals surface area (Å²) in [6.07, 6.45) is 5.77. The van der Waals surface area contributed by atoms with E-state index in [1.54, 1.807) is 21.3 Å². The standard InChI is InChI=1S/C17H25N3O4S/c21-17(16-6-3-11-24-16)19-9-7-18(8-10-19)15-12-20(25(22,23)13-15)14-4-1-2-5-14/h3,6,11,14-15H,1-2,4-5,7-10,12-13H2. The quantitative estimate of drug-likeness (QED) is 0.797. The zero-order chi connectivity index (χ0) is 17.4. The molecule has 0 radical (unpaired) electrons. The van der Waals surface area contributed by atoms with Gasteiger partial charge in [0.05, 0.1) is 12.0 Å². The molecule has 4 rings (SSSR count). The highest BCUT2D eigenvalue weighted by atomic mass is 32.2. The van der Waals surface area contributed by atoms with Gasteiger partial charge < -0.3 is 9.32 Å². The van der Waals surface area contributed by atoms with Crippen LogP contribution in [0.4, 0.5) is 0 Å². The van der Waals surface area contributed by atoms with Crippen LogP contribution < -0.4 is 0 Å². The van der Waals surface area contributed by atoms with Gasteiger partial charge in [0.2, 0.25) is 10.0 Å². The lowest BCUT2D eigenvalue weighted by Crippen LogP contribution is -2.53. The Balaban J connectivity index is 1.36. The molecule has 8 heteroatoms. The summed E-state index contributed by atoms with van der Waals surface area (Å²) >= 11 is 0. The summed E-state index contributed by atoms with van der Waals surface area (Å²) in [6.45, 7) is 3.26. The number of rotatable bonds is 3. The summed E-state index contributed by atoms with van der Waals surface area (Å²) in [4.78, 5) is 16.3. The fraction of sp³-hybridized carbons (Fsp3) is 0.706. The number of carbonyl (C=O) groups is 1. The Morgan fingerprint density at radius 2 is 1.80 bits per heavy atom. The molecule has 138 valence electrons. The fourth-order valence-electron chi connectivity index (χ4n) is 4.35. The lowest BCUT2D eigenvalue weighted by Gasteiger charge is -2.37. The van der Waals surface area contributed by atoms with Crippen LogP contribution in [0.3, 0.4) is 0 Å². The van der Waals surface area contributed by atoms with Crippen LogP contribution in [0, 0.1) is 0 Å². The molecule has 3 aliphatic rings. The van der Waals surface area contributed by atoms with Gasteiger partial charge in [-0.05, 0) is 25.0 Å². The second kappa shape index (κ2) is 6.74. The summed E-state index contributed by atoms with van der Waals surface area (Å²) in [5.41, 5.74) is 0. The van der Waals surface area contributed by atoms with Gasteiger partial charge in [-0.2, -0.15) is 4.31 Å². The number of amides is 1. The van der Waals surface area contributed by atoms with Crippen molar-refractivity contribution in [3.63, 3.8) is 0 Å². The second-order valence-electron chi connectivity index (χ2n) is 7.25. The highest BCUT2D eigenvalue weighted by Gasteiger charge is 2.43. The van der Waals surface area contributed by atoms with Crippen LogP contribution in [0.2, 0.25) is 0 Å². The van der Waals surface area contributed by atoms with Gasteiger partial charge >= 0.3 is 0 Å². The van der Waals surface area contributed by atoms with E-state index in [0.29, 0.717) is 38.5 Å². The van der Waals surface area contributed by atoms with Gasteiger partial charge in [0, 0.05) is 44.8 Å². The lowest BCUT2D eigenvalue weighted by molar-refractivity contribution is 0.0550. The SMILES string of the molecule is O=C(c1ccco1)N1CCN(C2CN(C3CCCC3)S(=O)(=O)C2)CC1. The Kier molecular flexibility index (Phi) is 4.59. The summed E-state index contributed by atoms with van der Waals surface area (Å²) < 4.78 is 32.0. The lowest BCUT2D eigenvalue weighted by atomic mass is 10.2. The van der Waals surface area contributed by atoms with Crippen molar-refractivity contribution in [1.29, 1.82) is 0 Å². The number of piperazine rings is 1. The average molecular weight is 367 g/mol. The molecule has 2 aliphatic heterocycles. The number of hydrogen-bond acceptors (Lipinski definition) is 5. The van der Waals surface area contributed by atoms with E-state index in [0.717, 1.165) is 25.7 Å². The van der Waals surface area contributed by atoms with E-state index in [1.807, 2.05) is 0 Å². The van der Waals surface area contributed by atoms with Crippen LogP contribution in [0.25, 0.3) is 0 Å². The highest BCUT2D eigenvalue weighted by molar-refractivity contribution is 7.89. The molecule has 1 atom stereocenters. The van der Waals surface area contributed by atoms with Gasteiger partial charge in [0.25, 0.3) is 5.91 Å². The van der Waals surface area contributed by atoms with Crippen LogP contribution in [-0.4, -0.2) is 79.0 Å². The van der Waals surface area contributed by atoms with Crippen molar-refractivity contribution < 1.29 is 17.6 Å². The second-order valence-corrected chi connectivity index (χ2v) is 9.21. The molecule has 7 nitrogen and oxygen atoms in total. The highest BCUT2D eigenvalue weighted by Crippen LogP contribution is 2.30. The predicted molar refractivity (Wildman–Crippen MR) is 92.7 cm³/mol. The molecule has 3 fully saturated rings. The molecule has 1 aromatic rings. The van der Waals surface area contributed by atoms with Crippen molar-refractivity contribution in [3.8, 4) is 0 Å². The van der Waals surface area contributed by atoms with Gasteiger partial charge in [0.15, 0.2) is 5.76 Å². The van der Waals surface area contributed by atoms with Crippen LogP contribution >= 0.6 is 0 Å². The monoisotopic (exact) mass is 367 g/mol. The fourth-order valence-corrected chi connectivity index (χ4v) is 6.41. The number of sulfonamides is 1. The molecule has 0 aromatic carbocycles. The van der Waals surface area contributed by atoms with Crippen molar-refractivity contribution in [3.05, 3.63) is 24.2 Å². The van der Waals surface area contributed by atoms with E-state index in [4.69, 9.17) is 4.42 Å².